The topological polar surface area (TPSA) is 92.0 Å². The normalized spacial score (nSPS) is 10.9. The lowest BCUT2D eigenvalue weighted by Crippen LogP contribution is -2.00. The molecule has 0 spiro atoms. The highest BCUT2D eigenvalue weighted by atomic mass is 16.4. The quantitative estimate of drug-likeness (QED) is 0.786. The van der Waals surface area contributed by atoms with Crippen molar-refractivity contribution in [3.05, 3.63) is 35.5 Å². The predicted molar refractivity (Wildman–Crippen MR) is 73.9 cm³/mol. The lowest BCUT2D eigenvalue weighted by Gasteiger charge is -2.06. The summed E-state index contributed by atoms with van der Waals surface area (Å²) in [5, 5.41) is 15.3. The minimum Gasteiger partial charge on any atom is -0.477 e. The Balaban J connectivity index is 2.37. The van der Waals surface area contributed by atoms with Gasteiger partial charge in [0, 0.05) is 0 Å². The van der Waals surface area contributed by atoms with E-state index in [4.69, 9.17) is 10.8 Å². The fourth-order valence-corrected chi connectivity index (χ4v) is 2.08. The number of nitrogens with zero attached hydrogens (tertiary/aromatic N) is 1. The molecule has 1 aromatic carbocycles. The molecule has 1 aromatic heterocycles. The molecule has 0 radical (unpaired) electrons. The van der Waals surface area contributed by atoms with E-state index in [1.165, 1.54) is 5.56 Å². The number of nitrogens with one attached hydrogen (secondary N) is 1. The monoisotopic (exact) mass is 259 g/mol. The molecule has 0 saturated carbocycles. The SMILES string of the molecule is CC(C)Cc1ccc(-c2c(N)n[nH]c2C(=O)O)cc1. The zero-order valence-electron chi connectivity index (χ0n) is 11.0. The largest absolute Gasteiger partial charge is 0.477 e. The van der Waals surface area contributed by atoms with Crippen LogP contribution in [0.5, 0.6) is 0 Å². The van der Waals surface area contributed by atoms with Crippen LogP contribution >= 0.6 is 0 Å². The predicted octanol–water partition coefficient (Wildman–Crippen LogP) is 2.56. The summed E-state index contributed by atoms with van der Waals surface area (Å²) in [5.74, 6) is -0.279. The summed E-state index contributed by atoms with van der Waals surface area (Å²) in [4.78, 5) is 11.1. The Morgan fingerprint density at radius 2 is 2.00 bits per heavy atom. The second-order valence-corrected chi connectivity index (χ2v) is 4.96. The summed E-state index contributed by atoms with van der Waals surface area (Å²) in [6, 6.07) is 7.75. The van der Waals surface area contributed by atoms with E-state index in [1.807, 2.05) is 24.3 Å². The van der Waals surface area contributed by atoms with Gasteiger partial charge in [-0.15, -0.1) is 0 Å². The Labute approximate surface area is 111 Å². The van der Waals surface area contributed by atoms with Crippen LogP contribution in [0, 0.1) is 5.92 Å². The van der Waals surface area contributed by atoms with Crippen molar-refractivity contribution < 1.29 is 9.90 Å². The molecule has 0 aliphatic rings. The van der Waals surface area contributed by atoms with Gasteiger partial charge in [0.15, 0.2) is 11.5 Å². The van der Waals surface area contributed by atoms with E-state index in [-0.39, 0.29) is 11.5 Å². The molecule has 2 rings (SSSR count). The van der Waals surface area contributed by atoms with Gasteiger partial charge < -0.3 is 10.8 Å². The van der Waals surface area contributed by atoms with Crippen molar-refractivity contribution in [3.8, 4) is 11.1 Å². The van der Waals surface area contributed by atoms with Crippen LogP contribution in [-0.4, -0.2) is 21.3 Å². The number of hydrogen-bond donors (Lipinski definition) is 3. The molecule has 0 fully saturated rings. The standard InChI is InChI=1S/C14H17N3O2/c1-8(2)7-9-3-5-10(6-4-9)11-12(14(18)19)16-17-13(11)15/h3-6,8H,7H2,1-2H3,(H,18,19)(H3,15,16,17). The van der Waals surface area contributed by atoms with Crippen molar-refractivity contribution in [2.45, 2.75) is 20.3 Å². The van der Waals surface area contributed by atoms with Crippen molar-refractivity contribution in [2.24, 2.45) is 5.92 Å². The number of anilines is 1. The van der Waals surface area contributed by atoms with Gasteiger partial charge in [-0.3, -0.25) is 5.10 Å². The van der Waals surface area contributed by atoms with Gasteiger partial charge in [0.05, 0.1) is 5.56 Å². The van der Waals surface area contributed by atoms with E-state index in [0.717, 1.165) is 12.0 Å². The van der Waals surface area contributed by atoms with Gasteiger partial charge in [-0.25, -0.2) is 4.79 Å². The third-order valence-electron chi connectivity index (χ3n) is 2.89. The number of carboxylic acid groups (broad SMARTS) is 1. The summed E-state index contributed by atoms with van der Waals surface area (Å²) >= 11 is 0. The Morgan fingerprint density at radius 3 is 2.53 bits per heavy atom. The highest BCUT2D eigenvalue weighted by Gasteiger charge is 2.18. The Kier molecular flexibility index (Phi) is 3.55. The van der Waals surface area contributed by atoms with Gasteiger partial charge >= 0.3 is 5.97 Å². The smallest absolute Gasteiger partial charge is 0.354 e. The molecule has 0 amide bonds. The number of rotatable bonds is 4. The lowest BCUT2D eigenvalue weighted by molar-refractivity contribution is 0.0691. The molecule has 0 bridgehead atoms. The lowest BCUT2D eigenvalue weighted by atomic mass is 9.99. The molecule has 5 nitrogen and oxygen atoms in total. The number of aromatic nitrogens is 2. The number of aromatic amines is 1. The minimum absolute atomic E-state index is 0.0223. The van der Waals surface area contributed by atoms with Gasteiger partial charge in [-0.2, -0.15) is 5.10 Å². The number of nitrogen functional groups attached to an aromatic ring is 1. The Hall–Kier alpha value is -2.30. The molecule has 0 unspecified atom stereocenters. The summed E-state index contributed by atoms with van der Waals surface area (Å²) in [6.45, 7) is 4.31. The zero-order valence-corrected chi connectivity index (χ0v) is 11.0. The van der Waals surface area contributed by atoms with Crippen LogP contribution in [-0.2, 0) is 6.42 Å². The first-order valence-corrected chi connectivity index (χ1v) is 6.15. The second-order valence-electron chi connectivity index (χ2n) is 4.96. The van der Waals surface area contributed by atoms with Crippen LogP contribution in [0.3, 0.4) is 0 Å². The second kappa shape index (κ2) is 5.14. The van der Waals surface area contributed by atoms with E-state index in [2.05, 4.69) is 24.0 Å². The molecule has 19 heavy (non-hydrogen) atoms. The number of nitrogens with two attached hydrogens (primary N) is 1. The molecule has 0 aliphatic heterocycles. The van der Waals surface area contributed by atoms with E-state index in [9.17, 15) is 4.79 Å². The van der Waals surface area contributed by atoms with Crippen LogP contribution in [0.15, 0.2) is 24.3 Å². The molecule has 2 aromatic rings. The summed E-state index contributed by atoms with van der Waals surface area (Å²) < 4.78 is 0. The maximum atomic E-state index is 11.1. The Bertz CT molecular complexity index is 585. The maximum Gasteiger partial charge on any atom is 0.354 e. The highest BCUT2D eigenvalue weighted by Crippen LogP contribution is 2.28. The molecule has 4 N–H and O–H groups in total. The molecular weight excluding hydrogens is 242 g/mol. The van der Waals surface area contributed by atoms with Gasteiger partial charge in [-0.1, -0.05) is 38.1 Å². The number of H-pyrrole nitrogens is 1. The summed E-state index contributed by atoms with van der Waals surface area (Å²) in [6.07, 6.45) is 0.993. The van der Waals surface area contributed by atoms with Crippen molar-refractivity contribution >= 4 is 11.8 Å². The third kappa shape index (κ3) is 2.76. The summed E-state index contributed by atoms with van der Waals surface area (Å²) in [7, 11) is 0. The van der Waals surface area contributed by atoms with Crippen LogP contribution in [0.1, 0.15) is 29.9 Å². The first kappa shape index (κ1) is 13.1. The number of benzene rings is 1. The molecule has 100 valence electrons. The first-order valence-electron chi connectivity index (χ1n) is 6.15. The Morgan fingerprint density at radius 1 is 1.37 bits per heavy atom. The van der Waals surface area contributed by atoms with Crippen LogP contribution in [0.4, 0.5) is 5.82 Å². The van der Waals surface area contributed by atoms with Crippen molar-refractivity contribution in [1.29, 1.82) is 0 Å². The number of hydrogen-bond acceptors (Lipinski definition) is 3. The fraction of sp³-hybridized carbons (Fsp3) is 0.286. The average Bonchev–Trinajstić information content (AvgIpc) is 2.71. The molecule has 0 saturated heterocycles. The third-order valence-corrected chi connectivity index (χ3v) is 2.89. The minimum atomic E-state index is -1.06. The average molecular weight is 259 g/mol. The molecular formula is C14H17N3O2. The van der Waals surface area contributed by atoms with Gasteiger partial charge in [0.2, 0.25) is 0 Å². The number of carboxylic acids is 1. The van der Waals surface area contributed by atoms with Gasteiger partial charge in [0.1, 0.15) is 0 Å². The highest BCUT2D eigenvalue weighted by molar-refractivity contribution is 5.97. The van der Waals surface area contributed by atoms with Gasteiger partial charge in [0.25, 0.3) is 0 Å². The van der Waals surface area contributed by atoms with Crippen molar-refractivity contribution in [2.75, 3.05) is 5.73 Å². The molecule has 0 aliphatic carbocycles. The van der Waals surface area contributed by atoms with E-state index in [0.29, 0.717) is 11.5 Å². The zero-order chi connectivity index (χ0) is 14.0. The molecule has 0 atom stereocenters. The van der Waals surface area contributed by atoms with Gasteiger partial charge in [-0.05, 0) is 23.5 Å². The van der Waals surface area contributed by atoms with E-state index >= 15 is 0 Å². The maximum absolute atomic E-state index is 11.1. The van der Waals surface area contributed by atoms with Crippen molar-refractivity contribution in [1.82, 2.24) is 10.2 Å². The summed E-state index contributed by atoms with van der Waals surface area (Å²) in [5.41, 5.74) is 8.17. The van der Waals surface area contributed by atoms with E-state index < -0.39 is 5.97 Å². The van der Waals surface area contributed by atoms with E-state index in [1.54, 1.807) is 0 Å². The van der Waals surface area contributed by atoms with Crippen LogP contribution in [0.25, 0.3) is 11.1 Å². The molecule has 5 heteroatoms. The van der Waals surface area contributed by atoms with Crippen LogP contribution < -0.4 is 5.73 Å². The first-order chi connectivity index (χ1) is 8.99. The number of aromatic carboxylic acids is 1. The fourth-order valence-electron chi connectivity index (χ4n) is 2.08. The van der Waals surface area contributed by atoms with Crippen molar-refractivity contribution in [3.63, 3.8) is 0 Å². The molecule has 1 heterocycles. The number of carbonyl (C=O) groups is 1. The van der Waals surface area contributed by atoms with Crippen LogP contribution in [0.2, 0.25) is 0 Å².